The van der Waals surface area contributed by atoms with E-state index in [0.717, 1.165) is 23.9 Å². The van der Waals surface area contributed by atoms with Gasteiger partial charge in [0.05, 0.1) is 0 Å². The van der Waals surface area contributed by atoms with Crippen molar-refractivity contribution < 1.29 is 0 Å². The lowest BCUT2D eigenvalue weighted by Crippen LogP contribution is -2.36. The molecule has 0 bridgehead atoms. The van der Waals surface area contributed by atoms with Crippen molar-refractivity contribution in [2.75, 3.05) is 4.90 Å². The number of rotatable bonds is 4. The summed E-state index contributed by atoms with van der Waals surface area (Å²) < 4.78 is 2.65. The molecule has 2 aliphatic rings. The number of thiophene rings is 1. The summed E-state index contributed by atoms with van der Waals surface area (Å²) in [6.45, 7) is 4.88. The third kappa shape index (κ3) is 4.09. The molecule has 0 radical (unpaired) electrons. The van der Waals surface area contributed by atoms with Crippen LogP contribution in [0.1, 0.15) is 31.4 Å². The Morgan fingerprint density at radius 2 is 1.52 bits per heavy atom. The molecule has 1 atom stereocenters. The van der Waals surface area contributed by atoms with Gasteiger partial charge in [0, 0.05) is 48.0 Å². The molecule has 0 aliphatic heterocycles. The zero-order valence-corrected chi connectivity index (χ0v) is 26.9. The molecule has 46 heavy (non-hydrogen) atoms. The molecule has 0 N–H and O–H groups in total. The van der Waals surface area contributed by atoms with Crippen molar-refractivity contribution in [1.29, 1.82) is 0 Å². The smallest absolute Gasteiger partial charge is 0.0468 e. The SMILES string of the molecule is CC1(C)c2cc(N(c3ccc(-c4cccc5ccc#cc45)cc3)c3ccc4sc5ccccc5c4c3)ccc2CC12C=CC=CC2. The molecule has 0 amide bonds. The third-order valence-corrected chi connectivity index (χ3v) is 11.8. The number of hydrogen-bond donors (Lipinski definition) is 0. The second-order valence-corrected chi connectivity index (χ2v) is 14.4. The van der Waals surface area contributed by atoms with E-state index in [-0.39, 0.29) is 10.8 Å². The Hall–Kier alpha value is -5.10. The van der Waals surface area contributed by atoms with Crippen LogP contribution in [0.2, 0.25) is 0 Å². The van der Waals surface area contributed by atoms with E-state index in [2.05, 4.69) is 164 Å². The number of fused-ring (bicyclic) bond motifs is 5. The van der Waals surface area contributed by atoms with Crippen LogP contribution < -0.4 is 4.90 Å². The zero-order valence-electron chi connectivity index (χ0n) is 26.0. The highest BCUT2D eigenvalue weighted by Crippen LogP contribution is 2.56. The van der Waals surface area contributed by atoms with E-state index in [1.54, 1.807) is 0 Å². The summed E-state index contributed by atoms with van der Waals surface area (Å²) >= 11 is 1.87. The minimum absolute atomic E-state index is 0.0184. The van der Waals surface area contributed by atoms with Crippen LogP contribution in [-0.4, -0.2) is 0 Å². The summed E-state index contributed by atoms with van der Waals surface area (Å²) in [6, 6.07) is 48.9. The van der Waals surface area contributed by atoms with E-state index in [1.807, 2.05) is 17.4 Å². The van der Waals surface area contributed by atoms with E-state index < -0.39 is 0 Å². The van der Waals surface area contributed by atoms with Gasteiger partial charge in [0.1, 0.15) is 0 Å². The number of anilines is 3. The molecule has 0 saturated carbocycles. The molecular weight excluding hydrogens is 575 g/mol. The maximum absolute atomic E-state index is 3.35. The van der Waals surface area contributed by atoms with Gasteiger partial charge in [-0.1, -0.05) is 105 Å². The van der Waals surface area contributed by atoms with Gasteiger partial charge < -0.3 is 4.90 Å². The van der Waals surface area contributed by atoms with Crippen LogP contribution in [0.15, 0.2) is 140 Å². The topological polar surface area (TPSA) is 3.24 Å². The lowest BCUT2D eigenvalue weighted by Gasteiger charge is -2.40. The van der Waals surface area contributed by atoms with Gasteiger partial charge >= 0.3 is 0 Å². The van der Waals surface area contributed by atoms with Crippen molar-refractivity contribution in [1.82, 2.24) is 0 Å². The fourth-order valence-corrected chi connectivity index (χ4v) is 9.04. The first-order valence-corrected chi connectivity index (χ1v) is 16.9. The molecule has 1 nitrogen and oxygen atoms in total. The van der Waals surface area contributed by atoms with Crippen LogP contribution in [-0.2, 0) is 11.8 Å². The fraction of sp³-hybridized carbons (Fsp3) is 0.136. The maximum Gasteiger partial charge on any atom is 0.0468 e. The zero-order chi connectivity index (χ0) is 30.9. The highest BCUT2D eigenvalue weighted by Gasteiger charge is 2.50. The third-order valence-electron chi connectivity index (χ3n) is 10.6. The second kappa shape index (κ2) is 10.2. The van der Waals surface area contributed by atoms with E-state index in [4.69, 9.17) is 0 Å². The van der Waals surface area contributed by atoms with Crippen molar-refractivity contribution in [2.24, 2.45) is 5.41 Å². The van der Waals surface area contributed by atoms with Gasteiger partial charge in [-0.3, -0.25) is 0 Å². The van der Waals surface area contributed by atoms with Gasteiger partial charge in [0.25, 0.3) is 0 Å². The minimum Gasteiger partial charge on any atom is -0.310 e. The second-order valence-electron chi connectivity index (χ2n) is 13.3. The lowest BCUT2D eigenvalue weighted by atomic mass is 9.63. The summed E-state index contributed by atoms with van der Waals surface area (Å²) in [5.74, 6) is 0. The number of nitrogens with zero attached hydrogens (tertiary/aromatic N) is 1. The summed E-state index contributed by atoms with van der Waals surface area (Å²) in [5.41, 5.74) is 8.92. The average molecular weight is 608 g/mol. The van der Waals surface area contributed by atoms with Crippen LogP contribution in [0.3, 0.4) is 0 Å². The van der Waals surface area contributed by atoms with Crippen LogP contribution in [0.5, 0.6) is 0 Å². The largest absolute Gasteiger partial charge is 0.310 e. The Labute approximate surface area is 274 Å². The van der Waals surface area contributed by atoms with Gasteiger partial charge in [-0.05, 0) is 107 Å². The Kier molecular flexibility index (Phi) is 6.04. The molecule has 9 rings (SSSR count). The van der Waals surface area contributed by atoms with Gasteiger partial charge in [0.15, 0.2) is 0 Å². The van der Waals surface area contributed by atoms with Crippen molar-refractivity contribution in [2.45, 2.75) is 32.1 Å². The predicted molar refractivity (Wildman–Crippen MR) is 197 cm³/mol. The van der Waals surface area contributed by atoms with E-state index in [0.29, 0.717) is 0 Å². The lowest BCUT2D eigenvalue weighted by molar-refractivity contribution is 0.240. The van der Waals surface area contributed by atoms with Gasteiger partial charge in [-0.15, -0.1) is 11.3 Å². The van der Waals surface area contributed by atoms with Crippen LogP contribution in [0.25, 0.3) is 42.1 Å². The quantitative estimate of drug-likeness (QED) is 0.192. The molecule has 6 aromatic carbocycles. The van der Waals surface area contributed by atoms with E-state index in [9.17, 15) is 0 Å². The summed E-state index contributed by atoms with van der Waals surface area (Å²) in [6.07, 6.45) is 11.4. The molecule has 1 heterocycles. The molecule has 1 unspecified atom stereocenters. The first-order valence-electron chi connectivity index (χ1n) is 16.1. The monoisotopic (exact) mass is 607 g/mol. The van der Waals surface area contributed by atoms with Gasteiger partial charge in [-0.25, -0.2) is 0 Å². The Bertz CT molecular complexity index is 2350. The molecule has 2 aliphatic carbocycles. The van der Waals surface area contributed by atoms with Crippen molar-refractivity contribution in [3.05, 3.63) is 163 Å². The Morgan fingerprint density at radius 1 is 0.717 bits per heavy atom. The molecule has 0 fully saturated rings. The molecule has 220 valence electrons. The highest BCUT2D eigenvalue weighted by atomic mass is 32.1. The molecule has 1 spiro atoms. The number of hydrogen-bond acceptors (Lipinski definition) is 2. The van der Waals surface area contributed by atoms with Crippen molar-refractivity contribution >= 4 is 59.3 Å². The van der Waals surface area contributed by atoms with E-state index >= 15 is 0 Å². The van der Waals surface area contributed by atoms with Crippen molar-refractivity contribution in [3.63, 3.8) is 0 Å². The fourth-order valence-electron chi connectivity index (χ4n) is 7.95. The van der Waals surface area contributed by atoms with E-state index in [1.165, 1.54) is 59.2 Å². The maximum atomic E-state index is 3.35. The van der Waals surface area contributed by atoms with Gasteiger partial charge in [-0.2, -0.15) is 0 Å². The first kappa shape index (κ1) is 27.2. The average Bonchev–Trinajstić information content (AvgIpc) is 3.56. The molecule has 7 aromatic rings. The number of allylic oxidation sites excluding steroid dienone is 4. The Morgan fingerprint density at radius 3 is 2.39 bits per heavy atom. The molecule has 1 aromatic heterocycles. The molecular formula is C44H33NS. The predicted octanol–water partition coefficient (Wildman–Crippen LogP) is 12.3. The standard InChI is InChI=1S/C44H33NS/c1-43(2)40-28-35(22-19-32(40)29-44(43)25-8-3-9-26-44)45(34-23-24-42-39(27-34)38-14-6-7-16-41(38)46-42)33-20-17-31(18-21-33)37-15-10-12-30-11-4-5-13-36(30)37/h3-4,6-12,14-25,27-28H,26,29H2,1-2H3. The van der Waals surface area contributed by atoms with Crippen LogP contribution in [0, 0.1) is 17.5 Å². The minimum atomic E-state index is 0.0184. The normalized spacial score (nSPS) is 18.0. The summed E-state index contributed by atoms with van der Waals surface area (Å²) in [4.78, 5) is 2.44. The van der Waals surface area contributed by atoms with Gasteiger partial charge in [0.2, 0.25) is 0 Å². The molecule has 2 heteroatoms. The summed E-state index contributed by atoms with van der Waals surface area (Å²) in [5, 5.41) is 4.91. The van der Waals surface area contributed by atoms with Crippen LogP contribution >= 0.6 is 11.3 Å². The first-order chi connectivity index (χ1) is 22.5. The highest BCUT2D eigenvalue weighted by molar-refractivity contribution is 7.25. The van der Waals surface area contributed by atoms with Crippen molar-refractivity contribution in [3.8, 4) is 11.1 Å². The van der Waals surface area contributed by atoms with Crippen LogP contribution in [0.4, 0.5) is 17.1 Å². The summed E-state index contributed by atoms with van der Waals surface area (Å²) in [7, 11) is 0. The number of benzene rings is 5. The Balaban J connectivity index is 1.20. The molecule has 0 saturated heterocycles.